The van der Waals surface area contributed by atoms with Crippen LogP contribution in [0.25, 0.3) is 5.57 Å². The predicted molar refractivity (Wildman–Crippen MR) is 131 cm³/mol. The van der Waals surface area contributed by atoms with Crippen molar-refractivity contribution in [2.45, 2.75) is 44.7 Å². The van der Waals surface area contributed by atoms with Crippen molar-refractivity contribution in [3.8, 4) is 0 Å². The first kappa shape index (κ1) is 23.2. The van der Waals surface area contributed by atoms with Gasteiger partial charge < -0.3 is 20.9 Å². The smallest absolute Gasteiger partial charge is 0.322 e. The summed E-state index contributed by atoms with van der Waals surface area (Å²) in [6.07, 6.45) is 7.39. The Morgan fingerprint density at radius 3 is 2.75 bits per heavy atom. The second-order valence-corrected chi connectivity index (χ2v) is 10.0. The summed E-state index contributed by atoms with van der Waals surface area (Å²) >= 11 is 7.65. The molecule has 1 fully saturated rings. The fourth-order valence-corrected chi connectivity index (χ4v) is 5.60. The van der Waals surface area contributed by atoms with E-state index in [4.69, 9.17) is 17.3 Å². The number of nitrogens with zero attached hydrogens (tertiary/aromatic N) is 2. The van der Waals surface area contributed by atoms with Gasteiger partial charge >= 0.3 is 6.03 Å². The highest BCUT2D eigenvalue weighted by Crippen LogP contribution is 2.33. The van der Waals surface area contributed by atoms with E-state index in [2.05, 4.69) is 28.4 Å². The zero-order chi connectivity index (χ0) is 22.5. The topological polar surface area (TPSA) is 61.6 Å². The molecule has 1 aromatic heterocycles. The van der Waals surface area contributed by atoms with Crippen molar-refractivity contribution in [2.75, 3.05) is 31.5 Å². The van der Waals surface area contributed by atoms with Gasteiger partial charge in [-0.05, 0) is 81.1 Å². The van der Waals surface area contributed by atoms with Gasteiger partial charge in [0, 0.05) is 41.1 Å². The third kappa shape index (κ3) is 5.70. The van der Waals surface area contributed by atoms with Gasteiger partial charge in [0.15, 0.2) is 0 Å². The lowest BCUT2D eigenvalue weighted by molar-refractivity contribution is 0.170. The number of anilines is 1. The zero-order valence-corrected chi connectivity index (χ0v) is 19.7. The monoisotopic (exact) mass is 476 g/mol. The Morgan fingerprint density at radius 2 is 2.09 bits per heavy atom. The van der Waals surface area contributed by atoms with E-state index in [0.29, 0.717) is 18.8 Å². The van der Waals surface area contributed by atoms with Crippen molar-refractivity contribution in [1.82, 2.24) is 9.80 Å². The number of halogens is 2. The average molecular weight is 477 g/mol. The van der Waals surface area contributed by atoms with Crippen LogP contribution >= 0.6 is 22.9 Å². The maximum Gasteiger partial charge on any atom is 0.322 e. The van der Waals surface area contributed by atoms with Gasteiger partial charge in [-0.3, -0.25) is 0 Å². The molecule has 2 heterocycles. The van der Waals surface area contributed by atoms with Crippen molar-refractivity contribution in [3.63, 3.8) is 0 Å². The fraction of sp³-hybridized carbons (Fsp3) is 0.458. The molecule has 172 valence electrons. The van der Waals surface area contributed by atoms with Gasteiger partial charge in [-0.15, -0.1) is 11.3 Å². The maximum atomic E-state index is 13.5. The minimum absolute atomic E-state index is 0.00412. The highest BCUT2D eigenvalue weighted by Gasteiger charge is 2.27. The molecule has 1 unspecified atom stereocenters. The maximum absolute atomic E-state index is 13.5. The van der Waals surface area contributed by atoms with Gasteiger partial charge in [-0.2, -0.15) is 0 Å². The Kier molecular flexibility index (Phi) is 7.84. The Morgan fingerprint density at radius 1 is 1.28 bits per heavy atom. The van der Waals surface area contributed by atoms with Crippen LogP contribution in [-0.2, 0) is 6.54 Å². The average Bonchev–Trinajstić information content (AvgIpc) is 3.49. The lowest BCUT2D eigenvalue weighted by Gasteiger charge is -2.35. The first-order valence-electron chi connectivity index (χ1n) is 11.3. The molecule has 1 atom stereocenters. The molecule has 1 aromatic carbocycles. The summed E-state index contributed by atoms with van der Waals surface area (Å²) in [5.74, 6) is -0.494. The van der Waals surface area contributed by atoms with E-state index in [1.54, 1.807) is 17.4 Å². The standard InChI is InChI=1S/C24H30ClFN4OS/c25-21-15-18(5-9-22(21)26)28-24(31)30(14-13-29-11-1-2-12-29)19-6-3-17(4-7-19)23-10-8-20(16-27)32-23/h3,5,8-10,15,19H,1-2,4,6-7,11-14,16,27H2,(H,28,31). The number of nitrogens with two attached hydrogens (primary N) is 1. The number of carbonyl (C=O) groups excluding carboxylic acids is 1. The molecular weight excluding hydrogens is 447 g/mol. The number of thiophene rings is 1. The second-order valence-electron chi connectivity index (χ2n) is 8.43. The van der Waals surface area contributed by atoms with Crippen LogP contribution in [0.2, 0.25) is 5.02 Å². The lowest BCUT2D eigenvalue weighted by atomic mass is 9.93. The van der Waals surface area contributed by atoms with Gasteiger partial charge in [-0.1, -0.05) is 17.7 Å². The normalized spacial score (nSPS) is 19.1. The number of allylic oxidation sites excluding steroid dienone is 1. The Hall–Kier alpha value is -1.93. The van der Waals surface area contributed by atoms with Crippen molar-refractivity contribution in [3.05, 3.63) is 57.0 Å². The van der Waals surface area contributed by atoms with Crippen LogP contribution in [0.15, 0.2) is 36.4 Å². The van der Waals surface area contributed by atoms with Crippen LogP contribution in [0.1, 0.15) is 41.9 Å². The van der Waals surface area contributed by atoms with E-state index in [0.717, 1.165) is 38.9 Å². The minimum Gasteiger partial charge on any atom is -0.326 e. The Balaban J connectivity index is 1.45. The van der Waals surface area contributed by atoms with Crippen LogP contribution in [0.4, 0.5) is 14.9 Å². The number of carbonyl (C=O) groups is 1. The first-order valence-corrected chi connectivity index (χ1v) is 12.5. The van der Waals surface area contributed by atoms with Gasteiger partial charge in [-0.25, -0.2) is 9.18 Å². The molecule has 1 saturated heterocycles. The van der Waals surface area contributed by atoms with Crippen molar-refractivity contribution < 1.29 is 9.18 Å². The molecule has 0 saturated carbocycles. The lowest BCUT2D eigenvalue weighted by Crippen LogP contribution is -2.46. The number of likely N-dealkylation sites (tertiary alicyclic amines) is 1. The van der Waals surface area contributed by atoms with Crippen molar-refractivity contribution in [1.29, 1.82) is 0 Å². The molecule has 2 aromatic rings. The van der Waals surface area contributed by atoms with Crippen LogP contribution in [0.3, 0.4) is 0 Å². The summed E-state index contributed by atoms with van der Waals surface area (Å²) in [6, 6.07) is 8.49. The summed E-state index contributed by atoms with van der Waals surface area (Å²) in [4.78, 5) is 20.1. The molecule has 0 spiro atoms. The van der Waals surface area contributed by atoms with Crippen LogP contribution < -0.4 is 11.1 Å². The Labute approximate surface area is 198 Å². The van der Waals surface area contributed by atoms with Crippen molar-refractivity contribution in [2.24, 2.45) is 5.73 Å². The summed E-state index contributed by atoms with van der Waals surface area (Å²) in [6.45, 7) is 4.30. The minimum atomic E-state index is -0.494. The van der Waals surface area contributed by atoms with Gasteiger partial charge in [0.2, 0.25) is 0 Å². The van der Waals surface area contributed by atoms with Gasteiger partial charge in [0.1, 0.15) is 5.82 Å². The van der Waals surface area contributed by atoms with E-state index in [1.807, 2.05) is 4.90 Å². The van der Waals surface area contributed by atoms with E-state index >= 15 is 0 Å². The number of urea groups is 1. The molecule has 32 heavy (non-hydrogen) atoms. The number of hydrogen-bond donors (Lipinski definition) is 2. The highest BCUT2D eigenvalue weighted by atomic mass is 35.5. The third-order valence-electron chi connectivity index (χ3n) is 6.29. The number of nitrogens with one attached hydrogen (secondary N) is 1. The van der Waals surface area contributed by atoms with E-state index in [1.165, 1.54) is 40.3 Å². The van der Waals surface area contributed by atoms with Crippen LogP contribution in [0.5, 0.6) is 0 Å². The molecule has 2 amide bonds. The number of amides is 2. The first-order chi connectivity index (χ1) is 15.5. The van der Waals surface area contributed by atoms with Gasteiger partial charge in [0.05, 0.1) is 5.02 Å². The summed E-state index contributed by atoms with van der Waals surface area (Å²) < 4.78 is 13.5. The van der Waals surface area contributed by atoms with E-state index < -0.39 is 5.82 Å². The fourth-order valence-electron chi connectivity index (χ4n) is 4.46. The molecular formula is C24H30ClFN4OS. The predicted octanol–water partition coefficient (Wildman–Crippen LogP) is 5.57. The third-order valence-corrected chi connectivity index (χ3v) is 7.76. The zero-order valence-electron chi connectivity index (χ0n) is 18.2. The van der Waals surface area contributed by atoms with Crippen molar-refractivity contribution >= 4 is 40.2 Å². The second kappa shape index (κ2) is 10.8. The SMILES string of the molecule is NCc1ccc(C2=CCC(N(CCN3CCCC3)C(=O)Nc3ccc(F)c(Cl)c3)CC2)s1. The van der Waals surface area contributed by atoms with E-state index in [9.17, 15) is 9.18 Å². The van der Waals surface area contributed by atoms with E-state index in [-0.39, 0.29) is 17.1 Å². The van der Waals surface area contributed by atoms with Crippen LogP contribution in [0, 0.1) is 5.82 Å². The van der Waals surface area contributed by atoms with Crippen LogP contribution in [-0.4, -0.2) is 48.1 Å². The molecule has 0 bridgehead atoms. The Bertz CT molecular complexity index is 973. The quantitative estimate of drug-likeness (QED) is 0.549. The molecule has 3 N–H and O–H groups in total. The molecule has 0 radical (unpaired) electrons. The molecule has 8 heteroatoms. The molecule has 1 aliphatic heterocycles. The molecule has 2 aliphatic rings. The number of benzene rings is 1. The molecule has 1 aliphatic carbocycles. The summed E-state index contributed by atoms with van der Waals surface area (Å²) in [7, 11) is 0. The summed E-state index contributed by atoms with van der Waals surface area (Å²) in [5, 5.41) is 2.93. The largest absolute Gasteiger partial charge is 0.326 e. The number of rotatable bonds is 7. The highest BCUT2D eigenvalue weighted by molar-refractivity contribution is 7.13. The molecule has 4 rings (SSSR count). The summed E-state index contributed by atoms with van der Waals surface area (Å²) in [5.41, 5.74) is 7.61. The van der Waals surface area contributed by atoms with Gasteiger partial charge in [0.25, 0.3) is 0 Å². The number of hydrogen-bond acceptors (Lipinski definition) is 4. The molecule has 5 nitrogen and oxygen atoms in total.